The number of aromatic hydroxyl groups is 1. The van der Waals surface area contributed by atoms with Gasteiger partial charge in [-0.2, -0.15) is 0 Å². The first-order valence-corrected chi connectivity index (χ1v) is 8.57. The summed E-state index contributed by atoms with van der Waals surface area (Å²) in [5, 5.41) is 13.3. The molecule has 0 amide bonds. The Labute approximate surface area is 144 Å². The van der Waals surface area contributed by atoms with Crippen LogP contribution in [-0.2, 0) is 11.2 Å². The summed E-state index contributed by atoms with van der Waals surface area (Å²) in [6.45, 7) is 6.16. The van der Waals surface area contributed by atoms with Gasteiger partial charge in [0.05, 0.1) is 13.7 Å². The first-order chi connectivity index (χ1) is 11.6. The molecule has 6 heteroatoms. The summed E-state index contributed by atoms with van der Waals surface area (Å²) in [7, 11) is 3.65. The maximum absolute atomic E-state index is 10.0. The number of ether oxygens (including phenoxy) is 2. The highest BCUT2D eigenvalue weighted by molar-refractivity contribution is 5.79. The molecule has 134 valence electrons. The number of benzene rings is 1. The van der Waals surface area contributed by atoms with Gasteiger partial charge in [-0.05, 0) is 31.4 Å². The number of aliphatic imine (C=N–C) groups is 1. The molecule has 2 rings (SSSR count). The number of phenolic OH excluding ortho intramolecular Hbond substituents is 1. The van der Waals surface area contributed by atoms with Crippen molar-refractivity contribution in [2.75, 3.05) is 47.0 Å². The maximum atomic E-state index is 10.0. The van der Waals surface area contributed by atoms with E-state index in [1.165, 1.54) is 0 Å². The summed E-state index contributed by atoms with van der Waals surface area (Å²) in [6, 6.07) is 5.38. The lowest BCUT2D eigenvalue weighted by molar-refractivity contribution is 0.181. The monoisotopic (exact) mass is 335 g/mol. The third kappa shape index (κ3) is 5.30. The highest BCUT2D eigenvalue weighted by Gasteiger charge is 2.19. The van der Waals surface area contributed by atoms with Crippen LogP contribution in [-0.4, -0.2) is 63.0 Å². The van der Waals surface area contributed by atoms with Gasteiger partial charge in [0, 0.05) is 45.3 Å². The molecule has 1 atom stereocenters. The third-order valence-corrected chi connectivity index (χ3v) is 4.19. The highest BCUT2D eigenvalue weighted by atomic mass is 16.5. The fourth-order valence-electron chi connectivity index (χ4n) is 2.84. The van der Waals surface area contributed by atoms with Crippen molar-refractivity contribution in [2.45, 2.75) is 19.8 Å². The van der Waals surface area contributed by atoms with E-state index in [-0.39, 0.29) is 5.75 Å². The molecule has 1 unspecified atom stereocenters. The van der Waals surface area contributed by atoms with Crippen molar-refractivity contribution in [3.8, 4) is 11.5 Å². The van der Waals surface area contributed by atoms with E-state index in [9.17, 15) is 5.11 Å². The molecule has 2 N–H and O–H groups in total. The molecular weight excluding hydrogens is 306 g/mol. The fourth-order valence-corrected chi connectivity index (χ4v) is 2.84. The van der Waals surface area contributed by atoms with Gasteiger partial charge in [0.2, 0.25) is 0 Å². The Morgan fingerprint density at radius 1 is 1.50 bits per heavy atom. The van der Waals surface area contributed by atoms with Gasteiger partial charge >= 0.3 is 0 Å². The largest absolute Gasteiger partial charge is 0.508 e. The van der Waals surface area contributed by atoms with Crippen LogP contribution in [0.3, 0.4) is 0 Å². The molecule has 1 fully saturated rings. The Bertz CT molecular complexity index is 542. The molecule has 1 aromatic carbocycles. The quantitative estimate of drug-likeness (QED) is 0.588. The van der Waals surface area contributed by atoms with Crippen LogP contribution in [0.15, 0.2) is 23.2 Å². The van der Waals surface area contributed by atoms with Crippen molar-refractivity contribution in [3.63, 3.8) is 0 Å². The fraction of sp³-hybridized carbons (Fsp3) is 0.611. The Hall–Kier alpha value is -1.95. The van der Waals surface area contributed by atoms with Gasteiger partial charge in [0.25, 0.3) is 0 Å². The lowest BCUT2D eigenvalue weighted by Gasteiger charge is -2.24. The van der Waals surface area contributed by atoms with E-state index in [2.05, 4.69) is 29.2 Å². The SMILES string of the molecule is CCNC(=NCCc1ccc(OC)cc1O)N(C)CC1CCOC1. The van der Waals surface area contributed by atoms with Crippen molar-refractivity contribution >= 4 is 5.96 Å². The van der Waals surface area contributed by atoms with Crippen molar-refractivity contribution < 1.29 is 14.6 Å². The van der Waals surface area contributed by atoms with Crippen LogP contribution in [0.1, 0.15) is 18.9 Å². The summed E-state index contributed by atoms with van der Waals surface area (Å²) in [6.07, 6.45) is 1.80. The molecule has 6 nitrogen and oxygen atoms in total. The average molecular weight is 335 g/mol. The van der Waals surface area contributed by atoms with Crippen LogP contribution < -0.4 is 10.1 Å². The first-order valence-electron chi connectivity index (χ1n) is 8.57. The molecule has 1 aliphatic rings. The topological polar surface area (TPSA) is 66.3 Å². The van der Waals surface area contributed by atoms with Crippen molar-refractivity contribution in [1.82, 2.24) is 10.2 Å². The number of hydrogen-bond acceptors (Lipinski definition) is 4. The lowest BCUT2D eigenvalue weighted by Crippen LogP contribution is -2.41. The van der Waals surface area contributed by atoms with Crippen molar-refractivity contribution in [1.29, 1.82) is 0 Å². The zero-order valence-corrected chi connectivity index (χ0v) is 14.9. The zero-order valence-electron chi connectivity index (χ0n) is 14.9. The lowest BCUT2D eigenvalue weighted by atomic mass is 10.1. The normalized spacial score (nSPS) is 17.8. The van der Waals surface area contributed by atoms with E-state index >= 15 is 0 Å². The number of guanidine groups is 1. The average Bonchev–Trinajstić information content (AvgIpc) is 3.08. The second-order valence-corrected chi connectivity index (χ2v) is 6.09. The Kier molecular flexibility index (Phi) is 7.18. The molecule has 0 aromatic heterocycles. The van der Waals surface area contributed by atoms with E-state index in [1.54, 1.807) is 13.2 Å². The summed E-state index contributed by atoms with van der Waals surface area (Å²) < 4.78 is 10.5. The van der Waals surface area contributed by atoms with Crippen LogP contribution in [0.4, 0.5) is 0 Å². The number of methoxy groups -OCH3 is 1. The first kappa shape index (κ1) is 18.4. The molecule has 0 saturated carbocycles. The second-order valence-electron chi connectivity index (χ2n) is 6.09. The molecular formula is C18H29N3O3. The summed E-state index contributed by atoms with van der Waals surface area (Å²) in [5.74, 6) is 2.39. The second kappa shape index (κ2) is 9.37. The highest BCUT2D eigenvalue weighted by Crippen LogP contribution is 2.23. The van der Waals surface area contributed by atoms with E-state index in [0.717, 1.165) is 44.2 Å². The molecule has 0 radical (unpaired) electrons. The molecule has 1 aromatic rings. The molecule has 1 aliphatic heterocycles. The number of nitrogens with one attached hydrogen (secondary N) is 1. The predicted molar refractivity (Wildman–Crippen MR) is 95.9 cm³/mol. The van der Waals surface area contributed by atoms with Crippen LogP contribution >= 0.6 is 0 Å². The molecule has 0 aliphatic carbocycles. The minimum Gasteiger partial charge on any atom is -0.508 e. The summed E-state index contributed by atoms with van der Waals surface area (Å²) >= 11 is 0. The number of hydrogen-bond donors (Lipinski definition) is 2. The third-order valence-electron chi connectivity index (χ3n) is 4.19. The Morgan fingerprint density at radius 3 is 2.96 bits per heavy atom. The predicted octanol–water partition coefficient (Wildman–Crippen LogP) is 1.88. The number of phenols is 1. The molecule has 0 spiro atoms. The van der Waals surface area contributed by atoms with E-state index in [1.807, 2.05) is 12.1 Å². The van der Waals surface area contributed by atoms with Gasteiger partial charge in [0.1, 0.15) is 11.5 Å². The minimum absolute atomic E-state index is 0.256. The van der Waals surface area contributed by atoms with Gasteiger partial charge in [-0.3, -0.25) is 4.99 Å². The smallest absolute Gasteiger partial charge is 0.193 e. The van der Waals surface area contributed by atoms with Gasteiger partial charge in [-0.15, -0.1) is 0 Å². The Morgan fingerprint density at radius 2 is 2.33 bits per heavy atom. The van der Waals surface area contributed by atoms with Crippen LogP contribution in [0.2, 0.25) is 0 Å². The summed E-state index contributed by atoms with van der Waals surface area (Å²) in [5.41, 5.74) is 0.877. The summed E-state index contributed by atoms with van der Waals surface area (Å²) in [4.78, 5) is 6.85. The van der Waals surface area contributed by atoms with Gasteiger partial charge in [-0.25, -0.2) is 0 Å². The van der Waals surface area contributed by atoms with E-state index in [4.69, 9.17) is 9.47 Å². The van der Waals surface area contributed by atoms with E-state index in [0.29, 0.717) is 24.6 Å². The number of nitrogens with zero attached hydrogens (tertiary/aromatic N) is 2. The van der Waals surface area contributed by atoms with Crippen LogP contribution in [0, 0.1) is 5.92 Å². The van der Waals surface area contributed by atoms with Crippen molar-refractivity contribution in [3.05, 3.63) is 23.8 Å². The molecule has 0 bridgehead atoms. The molecule has 1 saturated heterocycles. The zero-order chi connectivity index (χ0) is 17.4. The van der Waals surface area contributed by atoms with Gasteiger partial charge in [-0.1, -0.05) is 6.07 Å². The van der Waals surface area contributed by atoms with Gasteiger partial charge < -0.3 is 24.8 Å². The molecule has 24 heavy (non-hydrogen) atoms. The standard InChI is InChI=1S/C18H29N3O3/c1-4-19-18(21(2)12-14-8-10-24-13-14)20-9-7-15-5-6-16(23-3)11-17(15)22/h5-6,11,14,22H,4,7-10,12-13H2,1-3H3,(H,19,20). The Balaban J connectivity index is 1.92. The minimum atomic E-state index is 0.256. The van der Waals surface area contributed by atoms with Crippen LogP contribution in [0.5, 0.6) is 11.5 Å². The van der Waals surface area contributed by atoms with E-state index < -0.39 is 0 Å². The number of rotatable bonds is 7. The molecule has 1 heterocycles. The van der Waals surface area contributed by atoms with Crippen molar-refractivity contribution in [2.24, 2.45) is 10.9 Å². The maximum Gasteiger partial charge on any atom is 0.193 e. The van der Waals surface area contributed by atoms with Gasteiger partial charge in [0.15, 0.2) is 5.96 Å². The van der Waals surface area contributed by atoms with Crippen LogP contribution in [0.25, 0.3) is 0 Å².